The molecule has 0 aromatic heterocycles. The fourth-order valence-electron chi connectivity index (χ4n) is 3.89. The number of benzene rings is 2. The molecule has 1 atom stereocenters. The van der Waals surface area contributed by atoms with Crippen LogP contribution in [-0.2, 0) is 12.8 Å². The van der Waals surface area contributed by atoms with Gasteiger partial charge < -0.3 is 10.2 Å². The number of anilines is 1. The Labute approximate surface area is 143 Å². The molecule has 0 radical (unpaired) electrons. The van der Waals surface area contributed by atoms with Crippen LogP contribution in [0, 0.1) is 0 Å². The van der Waals surface area contributed by atoms with Crippen molar-refractivity contribution >= 4 is 11.6 Å². The second-order valence-electron chi connectivity index (χ2n) is 6.65. The molecule has 0 saturated carbocycles. The SMILES string of the molecule is O=C1c2ccccc2N[C@@]2(CCc3ccccc3C2)N1CC(F)(F)F. The van der Waals surface area contributed by atoms with Gasteiger partial charge in [0.05, 0.1) is 5.56 Å². The number of aryl methyl sites for hydroxylation is 1. The molecule has 1 heterocycles. The average molecular weight is 346 g/mol. The Morgan fingerprint density at radius 1 is 1.04 bits per heavy atom. The first-order valence-corrected chi connectivity index (χ1v) is 8.21. The zero-order valence-corrected chi connectivity index (χ0v) is 13.4. The Kier molecular flexibility index (Phi) is 3.52. The monoisotopic (exact) mass is 346 g/mol. The van der Waals surface area contributed by atoms with Crippen LogP contribution in [-0.4, -0.2) is 29.2 Å². The van der Waals surface area contributed by atoms with Crippen molar-refractivity contribution in [3.8, 4) is 0 Å². The largest absolute Gasteiger partial charge is 0.406 e. The van der Waals surface area contributed by atoms with Gasteiger partial charge in [0.1, 0.15) is 12.2 Å². The lowest BCUT2D eigenvalue weighted by Gasteiger charge is -2.51. The summed E-state index contributed by atoms with van der Waals surface area (Å²) in [7, 11) is 0. The number of alkyl halides is 3. The summed E-state index contributed by atoms with van der Waals surface area (Å²) in [4.78, 5) is 13.8. The number of hydrogen-bond acceptors (Lipinski definition) is 2. The zero-order chi connectivity index (χ0) is 17.7. The third-order valence-electron chi connectivity index (χ3n) is 5.03. The van der Waals surface area contributed by atoms with E-state index < -0.39 is 24.3 Å². The number of amides is 1. The van der Waals surface area contributed by atoms with E-state index in [0.29, 0.717) is 24.9 Å². The first-order valence-electron chi connectivity index (χ1n) is 8.21. The summed E-state index contributed by atoms with van der Waals surface area (Å²) in [6.07, 6.45) is -3.01. The standard InChI is InChI=1S/C19H17F3N2O/c20-19(21,22)12-24-17(25)15-7-3-4-8-16(15)23-18(24)10-9-13-5-1-2-6-14(13)11-18/h1-8,23H,9-12H2/t18-/m0/s1. The number of halogens is 3. The minimum absolute atomic E-state index is 0.288. The molecule has 0 saturated heterocycles. The first kappa shape index (κ1) is 16.0. The molecule has 2 aliphatic rings. The molecule has 1 N–H and O–H groups in total. The summed E-state index contributed by atoms with van der Waals surface area (Å²) in [5, 5.41) is 3.26. The molecule has 1 aliphatic carbocycles. The molecule has 0 bridgehead atoms. The van der Waals surface area contributed by atoms with Crippen molar-refractivity contribution in [1.29, 1.82) is 0 Å². The highest BCUT2D eigenvalue weighted by Gasteiger charge is 2.50. The van der Waals surface area contributed by atoms with Gasteiger partial charge in [0, 0.05) is 12.1 Å². The summed E-state index contributed by atoms with van der Waals surface area (Å²) >= 11 is 0. The number of fused-ring (bicyclic) bond motifs is 2. The second-order valence-corrected chi connectivity index (χ2v) is 6.65. The Morgan fingerprint density at radius 2 is 1.72 bits per heavy atom. The molecule has 6 heteroatoms. The predicted molar refractivity (Wildman–Crippen MR) is 88.4 cm³/mol. The van der Waals surface area contributed by atoms with E-state index >= 15 is 0 Å². The van der Waals surface area contributed by atoms with Gasteiger partial charge in [-0.05, 0) is 36.1 Å². The summed E-state index contributed by atoms with van der Waals surface area (Å²) in [6.45, 7) is -1.25. The van der Waals surface area contributed by atoms with E-state index in [-0.39, 0.29) is 5.56 Å². The van der Waals surface area contributed by atoms with Crippen LogP contribution in [0.2, 0.25) is 0 Å². The van der Waals surface area contributed by atoms with Gasteiger partial charge in [-0.25, -0.2) is 0 Å². The van der Waals surface area contributed by atoms with Gasteiger partial charge in [-0.2, -0.15) is 13.2 Å². The van der Waals surface area contributed by atoms with Crippen LogP contribution in [0.15, 0.2) is 48.5 Å². The quantitative estimate of drug-likeness (QED) is 0.846. The molecule has 1 aliphatic heterocycles. The van der Waals surface area contributed by atoms with Crippen molar-refractivity contribution in [1.82, 2.24) is 4.90 Å². The van der Waals surface area contributed by atoms with E-state index in [9.17, 15) is 18.0 Å². The number of carbonyl (C=O) groups is 1. The van der Waals surface area contributed by atoms with Crippen molar-refractivity contribution in [2.45, 2.75) is 31.1 Å². The van der Waals surface area contributed by atoms with E-state index in [1.165, 1.54) is 0 Å². The fourth-order valence-corrected chi connectivity index (χ4v) is 3.89. The number of rotatable bonds is 1. The van der Waals surface area contributed by atoms with Crippen LogP contribution in [0.25, 0.3) is 0 Å². The lowest BCUT2D eigenvalue weighted by molar-refractivity contribution is -0.151. The molecule has 1 amide bonds. The van der Waals surface area contributed by atoms with Crippen LogP contribution in [0.5, 0.6) is 0 Å². The molecule has 0 unspecified atom stereocenters. The molecule has 0 fully saturated rings. The molecule has 25 heavy (non-hydrogen) atoms. The Bertz CT molecular complexity index is 833. The molecule has 130 valence electrons. The van der Waals surface area contributed by atoms with Crippen molar-refractivity contribution in [3.05, 3.63) is 65.2 Å². The highest BCUT2D eigenvalue weighted by Crippen LogP contribution is 2.41. The van der Waals surface area contributed by atoms with Crippen LogP contribution < -0.4 is 5.32 Å². The molecule has 1 spiro atoms. The van der Waals surface area contributed by atoms with Crippen LogP contribution >= 0.6 is 0 Å². The fraction of sp³-hybridized carbons (Fsp3) is 0.316. The number of para-hydroxylation sites is 1. The second kappa shape index (κ2) is 5.51. The lowest BCUT2D eigenvalue weighted by atomic mass is 9.80. The lowest BCUT2D eigenvalue weighted by Crippen LogP contribution is -2.64. The number of hydrogen-bond donors (Lipinski definition) is 1. The topological polar surface area (TPSA) is 32.3 Å². The van der Waals surface area contributed by atoms with Crippen molar-refractivity contribution in [2.75, 3.05) is 11.9 Å². The Hall–Kier alpha value is -2.50. The van der Waals surface area contributed by atoms with Gasteiger partial charge in [0.15, 0.2) is 0 Å². The normalized spacial score (nSPS) is 22.4. The van der Waals surface area contributed by atoms with E-state index in [1.54, 1.807) is 24.3 Å². The number of nitrogens with zero attached hydrogens (tertiary/aromatic N) is 1. The smallest absolute Gasteiger partial charge is 0.362 e. The first-order chi connectivity index (χ1) is 11.9. The molecular weight excluding hydrogens is 329 g/mol. The van der Waals surface area contributed by atoms with Gasteiger partial charge >= 0.3 is 6.18 Å². The van der Waals surface area contributed by atoms with Crippen LogP contribution in [0.4, 0.5) is 18.9 Å². The summed E-state index contributed by atoms with van der Waals surface area (Å²) < 4.78 is 39.6. The zero-order valence-electron chi connectivity index (χ0n) is 13.4. The van der Waals surface area contributed by atoms with Gasteiger partial charge in [0.25, 0.3) is 5.91 Å². The summed E-state index contributed by atoms with van der Waals surface area (Å²) in [5.74, 6) is -0.564. The maximum Gasteiger partial charge on any atom is 0.406 e. The summed E-state index contributed by atoms with van der Waals surface area (Å²) in [6, 6.07) is 14.5. The molecule has 3 nitrogen and oxygen atoms in total. The number of carbonyl (C=O) groups excluding carboxylic acids is 1. The molecular formula is C19H17F3N2O. The van der Waals surface area contributed by atoms with Gasteiger partial charge in [-0.15, -0.1) is 0 Å². The van der Waals surface area contributed by atoms with Crippen LogP contribution in [0.3, 0.4) is 0 Å². The van der Waals surface area contributed by atoms with Crippen LogP contribution in [0.1, 0.15) is 27.9 Å². The highest BCUT2D eigenvalue weighted by atomic mass is 19.4. The van der Waals surface area contributed by atoms with Crippen molar-refractivity contribution in [2.24, 2.45) is 0 Å². The maximum absolute atomic E-state index is 13.2. The van der Waals surface area contributed by atoms with Gasteiger partial charge in [0.2, 0.25) is 0 Å². The minimum atomic E-state index is -4.45. The van der Waals surface area contributed by atoms with E-state index in [4.69, 9.17) is 0 Å². The average Bonchev–Trinajstić information content (AvgIpc) is 2.58. The van der Waals surface area contributed by atoms with E-state index in [1.807, 2.05) is 24.3 Å². The van der Waals surface area contributed by atoms with Crippen molar-refractivity contribution < 1.29 is 18.0 Å². The van der Waals surface area contributed by atoms with Gasteiger partial charge in [-0.3, -0.25) is 4.79 Å². The van der Waals surface area contributed by atoms with E-state index in [0.717, 1.165) is 16.0 Å². The predicted octanol–water partition coefficient (Wildman–Crippen LogP) is 4.00. The summed E-state index contributed by atoms with van der Waals surface area (Å²) in [5.41, 5.74) is 1.96. The molecule has 2 aromatic carbocycles. The van der Waals surface area contributed by atoms with Gasteiger partial charge in [-0.1, -0.05) is 36.4 Å². The maximum atomic E-state index is 13.2. The van der Waals surface area contributed by atoms with E-state index in [2.05, 4.69) is 5.32 Å². The van der Waals surface area contributed by atoms with Crippen molar-refractivity contribution in [3.63, 3.8) is 0 Å². The third kappa shape index (κ3) is 2.75. The minimum Gasteiger partial charge on any atom is -0.362 e. The molecule has 2 aromatic rings. The molecule has 4 rings (SSSR count). The highest BCUT2D eigenvalue weighted by molar-refractivity contribution is 6.02. The third-order valence-corrected chi connectivity index (χ3v) is 5.03. The number of nitrogens with one attached hydrogen (secondary N) is 1. The Morgan fingerprint density at radius 3 is 2.48 bits per heavy atom. The Balaban J connectivity index is 1.80.